The Morgan fingerprint density at radius 2 is 2.00 bits per heavy atom. The molecule has 1 aromatic carbocycles. The average molecular weight is 276 g/mol. The highest BCUT2D eigenvalue weighted by Gasteiger charge is 2.32. The normalized spacial score (nSPS) is 18.2. The summed E-state index contributed by atoms with van der Waals surface area (Å²) in [6.07, 6.45) is 3.35. The van der Waals surface area contributed by atoms with Crippen molar-refractivity contribution in [3.63, 3.8) is 0 Å². The summed E-state index contributed by atoms with van der Waals surface area (Å²) < 4.78 is 5.24. The molecule has 0 amide bonds. The van der Waals surface area contributed by atoms with Crippen LogP contribution in [0.1, 0.15) is 32.3 Å². The molecule has 3 heteroatoms. The van der Waals surface area contributed by atoms with Crippen LogP contribution in [0.15, 0.2) is 24.3 Å². The summed E-state index contributed by atoms with van der Waals surface area (Å²) in [4.78, 5) is 2.55. The summed E-state index contributed by atoms with van der Waals surface area (Å²) in [5.41, 5.74) is 3.06. The molecule has 1 saturated heterocycles. The lowest BCUT2D eigenvalue weighted by Crippen LogP contribution is -2.60. The Balaban J connectivity index is 2.18. The van der Waals surface area contributed by atoms with E-state index in [0.29, 0.717) is 0 Å². The molecule has 0 spiro atoms. The third-order valence-electron chi connectivity index (χ3n) is 4.64. The maximum atomic E-state index is 5.24. The van der Waals surface area contributed by atoms with E-state index in [1.54, 1.807) is 7.11 Å². The van der Waals surface area contributed by atoms with Crippen molar-refractivity contribution in [3.05, 3.63) is 29.8 Å². The number of piperazine rings is 1. The smallest absolute Gasteiger partial charge is 0.0503 e. The van der Waals surface area contributed by atoms with Gasteiger partial charge in [0.1, 0.15) is 0 Å². The fourth-order valence-electron chi connectivity index (χ4n) is 3.13. The van der Waals surface area contributed by atoms with E-state index >= 15 is 0 Å². The Bertz CT molecular complexity index is 415. The predicted octanol–water partition coefficient (Wildman–Crippen LogP) is 2.84. The van der Waals surface area contributed by atoms with Gasteiger partial charge in [0.25, 0.3) is 0 Å². The van der Waals surface area contributed by atoms with Crippen molar-refractivity contribution in [3.8, 4) is 0 Å². The number of ether oxygens (including phenoxy) is 1. The number of rotatable bonds is 6. The zero-order valence-electron chi connectivity index (χ0n) is 13.1. The molecule has 1 heterocycles. The van der Waals surface area contributed by atoms with E-state index in [4.69, 9.17) is 4.74 Å². The minimum absolute atomic E-state index is 0.270. The molecule has 0 bridgehead atoms. The first kappa shape index (κ1) is 15.3. The van der Waals surface area contributed by atoms with Crippen LogP contribution in [0.25, 0.3) is 0 Å². The maximum absolute atomic E-state index is 5.24. The number of hydrogen-bond acceptors (Lipinski definition) is 3. The van der Waals surface area contributed by atoms with Gasteiger partial charge in [-0.1, -0.05) is 32.0 Å². The van der Waals surface area contributed by atoms with Crippen LogP contribution in [0.2, 0.25) is 0 Å². The largest absolute Gasteiger partial charge is 0.384 e. The first-order chi connectivity index (χ1) is 9.74. The van der Waals surface area contributed by atoms with Crippen molar-refractivity contribution in [1.82, 2.24) is 5.32 Å². The van der Waals surface area contributed by atoms with Gasteiger partial charge in [-0.3, -0.25) is 0 Å². The van der Waals surface area contributed by atoms with Crippen molar-refractivity contribution in [2.45, 2.75) is 38.6 Å². The van der Waals surface area contributed by atoms with Gasteiger partial charge in [-0.2, -0.15) is 0 Å². The molecule has 0 aliphatic carbocycles. The second-order valence-corrected chi connectivity index (χ2v) is 5.71. The number of hydrogen-bond donors (Lipinski definition) is 1. The molecule has 0 unspecified atom stereocenters. The Kier molecular flexibility index (Phi) is 5.44. The topological polar surface area (TPSA) is 24.5 Å². The van der Waals surface area contributed by atoms with Gasteiger partial charge in [0.2, 0.25) is 0 Å². The van der Waals surface area contributed by atoms with Crippen LogP contribution in [-0.4, -0.2) is 38.9 Å². The monoisotopic (exact) mass is 276 g/mol. The van der Waals surface area contributed by atoms with Gasteiger partial charge < -0.3 is 15.0 Å². The van der Waals surface area contributed by atoms with Crippen LogP contribution < -0.4 is 10.2 Å². The first-order valence-electron chi connectivity index (χ1n) is 7.81. The lowest BCUT2D eigenvalue weighted by molar-refractivity contribution is 0.202. The number of nitrogens with one attached hydrogen (secondary N) is 1. The highest BCUT2D eigenvalue weighted by atomic mass is 16.5. The molecule has 0 atom stereocenters. The highest BCUT2D eigenvalue weighted by Crippen LogP contribution is 2.27. The summed E-state index contributed by atoms with van der Waals surface area (Å²) in [6, 6.07) is 8.76. The van der Waals surface area contributed by atoms with Gasteiger partial charge in [-0.05, 0) is 30.9 Å². The number of benzene rings is 1. The molecule has 1 aliphatic heterocycles. The van der Waals surface area contributed by atoms with E-state index in [0.717, 1.165) is 32.7 Å². The summed E-state index contributed by atoms with van der Waals surface area (Å²) in [6.45, 7) is 8.62. The molecule has 20 heavy (non-hydrogen) atoms. The Hall–Kier alpha value is -1.06. The number of nitrogens with zero attached hydrogens (tertiary/aromatic N) is 1. The standard InChI is InChI=1S/C17H28N2O/c1-4-17(5-2)14-19(12-11-18-17)16-9-7-6-8-15(16)10-13-20-3/h6-9,18H,4-5,10-14H2,1-3H3. The summed E-state index contributed by atoms with van der Waals surface area (Å²) in [5.74, 6) is 0. The quantitative estimate of drug-likeness (QED) is 0.864. The van der Waals surface area contributed by atoms with Crippen LogP contribution >= 0.6 is 0 Å². The van der Waals surface area contributed by atoms with E-state index in [2.05, 4.69) is 48.3 Å². The lowest BCUT2D eigenvalue weighted by Gasteiger charge is -2.44. The van der Waals surface area contributed by atoms with Gasteiger partial charge in [-0.25, -0.2) is 0 Å². The summed E-state index contributed by atoms with van der Waals surface area (Å²) in [7, 11) is 1.77. The fraction of sp³-hybridized carbons (Fsp3) is 0.647. The molecular weight excluding hydrogens is 248 g/mol. The number of para-hydroxylation sites is 1. The number of methoxy groups -OCH3 is 1. The minimum Gasteiger partial charge on any atom is -0.384 e. The molecule has 1 aliphatic rings. The lowest BCUT2D eigenvalue weighted by atomic mass is 9.89. The maximum Gasteiger partial charge on any atom is 0.0503 e. The van der Waals surface area contributed by atoms with Crippen molar-refractivity contribution in [1.29, 1.82) is 0 Å². The minimum atomic E-state index is 0.270. The molecular formula is C17H28N2O. The van der Waals surface area contributed by atoms with E-state index in [1.807, 2.05) is 0 Å². The predicted molar refractivity (Wildman–Crippen MR) is 85.6 cm³/mol. The molecule has 0 radical (unpaired) electrons. The van der Waals surface area contributed by atoms with Gasteiger partial charge >= 0.3 is 0 Å². The molecule has 112 valence electrons. The van der Waals surface area contributed by atoms with Crippen LogP contribution in [0.3, 0.4) is 0 Å². The van der Waals surface area contributed by atoms with E-state index in [1.165, 1.54) is 24.1 Å². The molecule has 2 rings (SSSR count). The van der Waals surface area contributed by atoms with Crippen molar-refractivity contribution >= 4 is 5.69 Å². The van der Waals surface area contributed by atoms with Crippen LogP contribution in [0.4, 0.5) is 5.69 Å². The van der Waals surface area contributed by atoms with E-state index in [-0.39, 0.29) is 5.54 Å². The van der Waals surface area contributed by atoms with Gasteiger partial charge in [-0.15, -0.1) is 0 Å². The van der Waals surface area contributed by atoms with E-state index < -0.39 is 0 Å². The molecule has 0 saturated carbocycles. The molecule has 0 aromatic heterocycles. The third kappa shape index (κ3) is 3.33. The van der Waals surface area contributed by atoms with Crippen LogP contribution in [-0.2, 0) is 11.2 Å². The van der Waals surface area contributed by atoms with Gasteiger partial charge in [0, 0.05) is 38.0 Å². The third-order valence-corrected chi connectivity index (χ3v) is 4.64. The Morgan fingerprint density at radius 1 is 1.25 bits per heavy atom. The molecule has 1 N–H and O–H groups in total. The number of anilines is 1. The van der Waals surface area contributed by atoms with Crippen LogP contribution in [0.5, 0.6) is 0 Å². The molecule has 1 fully saturated rings. The highest BCUT2D eigenvalue weighted by molar-refractivity contribution is 5.54. The van der Waals surface area contributed by atoms with Gasteiger partial charge in [0.15, 0.2) is 0 Å². The van der Waals surface area contributed by atoms with Crippen molar-refractivity contribution < 1.29 is 4.74 Å². The zero-order valence-corrected chi connectivity index (χ0v) is 13.1. The van der Waals surface area contributed by atoms with Crippen molar-refractivity contribution in [2.75, 3.05) is 38.3 Å². The molecule has 3 nitrogen and oxygen atoms in total. The SMILES string of the molecule is CCC1(CC)CN(c2ccccc2CCOC)CCN1. The van der Waals surface area contributed by atoms with E-state index in [9.17, 15) is 0 Å². The second kappa shape index (κ2) is 7.09. The molecule has 1 aromatic rings. The Labute approximate surface area is 123 Å². The van der Waals surface area contributed by atoms with Crippen molar-refractivity contribution in [2.24, 2.45) is 0 Å². The average Bonchev–Trinajstić information content (AvgIpc) is 2.53. The Morgan fingerprint density at radius 3 is 2.70 bits per heavy atom. The zero-order chi connectivity index (χ0) is 14.4. The first-order valence-corrected chi connectivity index (χ1v) is 7.81. The fourth-order valence-corrected chi connectivity index (χ4v) is 3.13. The second-order valence-electron chi connectivity index (χ2n) is 5.71. The summed E-state index contributed by atoms with van der Waals surface area (Å²) >= 11 is 0. The van der Waals surface area contributed by atoms with Gasteiger partial charge in [0.05, 0.1) is 6.61 Å². The summed E-state index contributed by atoms with van der Waals surface area (Å²) in [5, 5.41) is 3.73. The van der Waals surface area contributed by atoms with Crippen LogP contribution in [0, 0.1) is 0 Å².